The lowest BCUT2D eigenvalue weighted by atomic mass is 9.57. The second kappa shape index (κ2) is 8.10. The molecule has 6 fully saturated rings. The molecule has 7 rings (SSSR count). The monoisotopic (exact) mass is 514 g/mol. The minimum atomic E-state index is -0.444. The second-order valence-electron chi connectivity index (χ2n) is 14.6. The molecule has 0 aromatic heterocycles. The van der Waals surface area contributed by atoms with Gasteiger partial charge in [0.1, 0.15) is 5.78 Å². The van der Waals surface area contributed by atoms with Crippen LogP contribution in [0.2, 0.25) is 0 Å². The van der Waals surface area contributed by atoms with E-state index in [-0.39, 0.29) is 59.9 Å². The molecule has 1 spiro atoms. The zero-order chi connectivity index (χ0) is 25.5. The van der Waals surface area contributed by atoms with Crippen LogP contribution in [0.25, 0.3) is 0 Å². The van der Waals surface area contributed by atoms with E-state index >= 15 is 0 Å². The first-order chi connectivity index (χ1) is 16.1. The molecule has 208 valence electrons. The quantitative estimate of drug-likeness (QED) is 0.380. The van der Waals surface area contributed by atoms with E-state index in [1.807, 2.05) is 0 Å². The summed E-state index contributed by atoms with van der Waals surface area (Å²) in [5.74, 6) is 2.88. The molecule has 1 aliphatic heterocycles. The van der Waals surface area contributed by atoms with Crippen molar-refractivity contribution >= 4 is 17.3 Å². The Hall–Kier alpha value is -1.33. The molecule has 5 saturated carbocycles. The third-order valence-corrected chi connectivity index (χ3v) is 12.3. The van der Waals surface area contributed by atoms with Gasteiger partial charge in [-0.3, -0.25) is 14.4 Å². The number of carbonyl (C=O) groups excluding carboxylic acids is 3. The molecule has 9 atom stereocenters. The molecule has 7 aliphatic rings. The summed E-state index contributed by atoms with van der Waals surface area (Å²) >= 11 is 0. The van der Waals surface area contributed by atoms with E-state index in [9.17, 15) is 14.4 Å². The number of fused-ring (bicyclic) bond motifs is 6. The minimum absolute atomic E-state index is 0. The molecule has 1 heterocycles. The van der Waals surface area contributed by atoms with Crippen molar-refractivity contribution in [3.63, 3.8) is 0 Å². The fourth-order valence-electron chi connectivity index (χ4n) is 10.2. The Morgan fingerprint density at radius 1 is 0.784 bits per heavy atom. The van der Waals surface area contributed by atoms with Crippen LogP contribution in [-0.4, -0.2) is 36.4 Å². The molecule has 1 saturated heterocycles. The van der Waals surface area contributed by atoms with Crippen molar-refractivity contribution in [2.24, 2.45) is 63.1 Å². The lowest BCUT2D eigenvalue weighted by molar-refractivity contribution is -0.221. The summed E-state index contributed by atoms with van der Waals surface area (Å²) in [6.45, 7) is 19.2. The van der Waals surface area contributed by atoms with Crippen LogP contribution in [0.3, 0.4) is 0 Å². The van der Waals surface area contributed by atoms with E-state index in [0.29, 0.717) is 55.0 Å². The van der Waals surface area contributed by atoms with Gasteiger partial charge in [-0.05, 0) is 46.0 Å². The Kier molecular flexibility index (Phi) is 6.27. The highest BCUT2D eigenvalue weighted by Gasteiger charge is 2.79. The molecular weight excluding hydrogens is 464 g/mol. The molecule has 0 bridgehead atoms. The Bertz CT molecular complexity index is 1060. The summed E-state index contributed by atoms with van der Waals surface area (Å²) in [5, 5.41) is 0. The molecule has 0 aromatic carbocycles. The maximum Gasteiger partial charge on any atom is 0.169 e. The molecule has 0 radical (unpaired) electrons. The summed E-state index contributed by atoms with van der Waals surface area (Å²) in [7, 11) is 0. The van der Waals surface area contributed by atoms with Gasteiger partial charge in [0.2, 0.25) is 0 Å². The molecular formula is C32H50O5. The third kappa shape index (κ3) is 3.31. The molecule has 0 N–H and O–H groups in total. The van der Waals surface area contributed by atoms with Crippen LogP contribution in [0, 0.1) is 63.1 Å². The number of ketones is 3. The average molecular weight is 515 g/mol. The highest BCUT2D eigenvalue weighted by atomic mass is 16.7. The molecule has 37 heavy (non-hydrogen) atoms. The van der Waals surface area contributed by atoms with Crippen LogP contribution in [-0.2, 0) is 23.9 Å². The summed E-state index contributed by atoms with van der Waals surface area (Å²) in [4.78, 5) is 36.6. The van der Waals surface area contributed by atoms with Crippen molar-refractivity contribution in [1.29, 1.82) is 0 Å². The Morgan fingerprint density at radius 2 is 1.35 bits per heavy atom. The molecule has 6 aliphatic carbocycles. The number of hydrogen-bond acceptors (Lipinski definition) is 5. The number of allylic oxidation sites excluding steroid dienone is 2. The maximum atomic E-state index is 12.8. The van der Waals surface area contributed by atoms with Gasteiger partial charge < -0.3 is 9.47 Å². The Labute approximate surface area is 224 Å². The van der Waals surface area contributed by atoms with Gasteiger partial charge in [0.15, 0.2) is 17.4 Å². The van der Waals surface area contributed by atoms with Crippen molar-refractivity contribution in [2.75, 3.05) is 13.2 Å². The van der Waals surface area contributed by atoms with E-state index in [2.05, 4.69) is 55.4 Å². The topological polar surface area (TPSA) is 69.7 Å². The highest BCUT2D eigenvalue weighted by molar-refractivity contribution is 6.10. The Morgan fingerprint density at radius 3 is 1.95 bits per heavy atom. The third-order valence-electron chi connectivity index (χ3n) is 12.3. The fraction of sp³-hybridized carbons (Fsp3) is 0.844. The Balaban J connectivity index is 0.000000166. The second-order valence-corrected chi connectivity index (χ2v) is 14.6. The number of hydrogen-bond donors (Lipinski definition) is 0. The van der Waals surface area contributed by atoms with Crippen LogP contribution in [0.15, 0.2) is 11.6 Å². The first-order valence-electron chi connectivity index (χ1n) is 13.7. The van der Waals surface area contributed by atoms with Gasteiger partial charge in [0.25, 0.3) is 0 Å². The molecule has 5 nitrogen and oxygen atoms in total. The van der Waals surface area contributed by atoms with Crippen molar-refractivity contribution in [2.45, 2.75) is 95.3 Å². The van der Waals surface area contributed by atoms with Gasteiger partial charge in [-0.25, -0.2) is 0 Å². The lowest BCUT2D eigenvalue weighted by Crippen LogP contribution is -2.51. The maximum absolute atomic E-state index is 12.8. The molecule has 3 unspecified atom stereocenters. The van der Waals surface area contributed by atoms with E-state index in [1.54, 1.807) is 6.08 Å². The van der Waals surface area contributed by atoms with Gasteiger partial charge in [-0.2, -0.15) is 0 Å². The largest absolute Gasteiger partial charge is 0.348 e. The van der Waals surface area contributed by atoms with Crippen LogP contribution in [0.4, 0.5) is 0 Å². The van der Waals surface area contributed by atoms with Crippen LogP contribution >= 0.6 is 0 Å². The summed E-state index contributed by atoms with van der Waals surface area (Å²) in [5.41, 5.74) is 1.31. The van der Waals surface area contributed by atoms with Gasteiger partial charge in [-0.15, -0.1) is 0 Å². The van der Waals surface area contributed by atoms with Crippen molar-refractivity contribution < 1.29 is 23.9 Å². The smallest absolute Gasteiger partial charge is 0.169 e. The highest BCUT2D eigenvalue weighted by Crippen LogP contribution is 2.78. The lowest BCUT2D eigenvalue weighted by Gasteiger charge is -2.50. The van der Waals surface area contributed by atoms with Gasteiger partial charge in [0.05, 0.1) is 13.2 Å². The van der Waals surface area contributed by atoms with Gasteiger partial charge >= 0.3 is 0 Å². The van der Waals surface area contributed by atoms with E-state index in [1.165, 1.54) is 0 Å². The van der Waals surface area contributed by atoms with E-state index in [4.69, 9.17) is 9.47 Å². The average Bonchev–Trinajstić information content (AvgIpc) is 3.27. The zero-order valence-corrected chi connectivity index (χ0v) is 22.7. The van der Waals surface area contributed by atoms with E-state index in [0.717, 1.165) is 18.4 Å². The van der Waals surface area contributed by atoms with Crippen LogP contribution in [0.1, 0.15) is 89.5 Å². The van der Waals surface area contributed by atoms with E-state index < -0.39 is 5.79 Å². The molecule has 5 heteroatoms. The van der Waals surface area contributed by atoms with Gasteiger partial charge in [0, 0.05) is 48.0 Å². The first kappa shape index (κ1) is 28.7. The number of ether oxygens (including phenoxy) is 2. The minimum Gasteiger partial charge on any atom is -0.348 e. The zero-order valence-electron chi connectivity index (χ0n) is 22.7. The predicted octanol–water partition coefficient (Wildman–Crippen LogP) is 6.29. The standard InChI is InChI=1S/C16H24O3.C14H18O2.2CH4/c1-9-7-16(18-5-6-19-16)8-10-12(17)11-13(14(11,2)3)15(9,10)4;1-7-5-8(15)6-9-11(16)10-12(13(10,2)3)14(7,9)4;;/h9-11,13H,5-8H2,1-4H3;6-7,10,12H,5H2,1-4H3;2*1H4/t9-,10?,11?,13-,15+;7-,10?,12-,14+;;/m11../s1. The van der Waals surface area contributed by atoms with Gasteiger partial charge in [-0.1, -0.05) is 70.2 Å². The predicted molar refractivity (Wildman–Crippen MR) is 145 cm³/mol. The number of carbonyl (C=O) groups is 3. The molecule has 0 amide bonds. The first-order valence-corrected chi connectivity index (χ1v) is 13.7. The van der Waals surface area contributed by atoms with Crippen molar-refractivity contribution in [3.8, 4) is 0 Å². The SMILES string of the molecule is C.C.C[C@@H]1CC(=O)C=C2C(=O)C3[C@H](C3(C)C)[C@]21C.C[C@@H]1CC2(CC3C(=O)C4[C@H](C4(C)C)[C@]31C)OCCO2. The fourth-order valence-corrected chi connectivity index (χ4v) is 10.2. The van der Waals surface area contributed by atoms with Crippen molar-refractivity contribution in [1.82, 2.24) is 0 Å². The number of rotatable bonds is 0. The normalized spacial score (nSPS) is 48.3. The number of Topliss-reactive ketones (excluding diaryl/α,β-unsaturated/α-hetero) is 2. The summed E-state index contributed by atoms with van der Waals surface area (Å²) in [6, 6.07) is 0. The molecule has 0 aromatic rings. The summed E-state index contributed by atoms with van der Waals surface area (Å²) in [6.07, 6.45) is 3.97. The van der Waals surface area contributed by atoms with Crippen LogP contribution < -0.4 is 0 Å². The van der Waals surface area contributed by atoms with Crippen LogP contribution in [0.5, 0.6) is 0 Å². The summed E-state index contributed by atoms with van der Waals surface area (Å²) < 4.78 is 11.8. The van der Waals surface area contributed by atoms with Crippen molar-refractivity contribution in [3.05, 3.63) is 11.6 Å².